The van der Waals surface area contributed by atoms with Crippen LogP contribution in [0.2, 0.25) is 0 Å². The summed E-state index contributed by atoms with van der Waals surface area (Å²) in [6, 6.07) is 2.60. The lowest BCUT2D eigenvalue weighted by atomic mass is 10.3. The van der Waals surface area contributed by atoms with Crippen LogP contribution in [0.3, 0.4) is 0 Å². The van der Waals surface area contributed by atoms with E-state index in [9.17, 15) is 17.6 Å². The van der Waals surface area contributed by atoms with Crippen molar-refractivity contribution < 1.29 is 17.6 Å². The molecular formula is C10H8F4IN3. The van der Waals surface area contributed by atoms with E-state index in [1.165, 1.54) is 10.6 Å². The molecular weight excluding hydrogens is 365 g/mol. The Morgan fingerprint density at radius 1 is 1.33 bits per heavy atom. The van der Waals surface area contributed by atoms with Crippen molar-refractivity contribution in [2.75, 3.05) is 5.73 Å². The van der Waals surface area contributed by atoms with Crippen molar-refractivity contribution >= 4 is 39.6 Å². The van der Waals surface area contributed by atoms with E-state index in [1.54, 1.807) is 22.6 Å². The minimum absolute atomic E-state index is 0.0457. The average molecular weight is 373 g/mol. The van der Waals surface area contributed by atoms with Crippen LogP contribution in [0.25, 0.3) is 11.0 Å². The van der Waals surface area contributed by atoms with Gasteiger partial charge in [0.2, 0.25) is 5.95 Å². The lowest BCUT2D eigenvalue weighted by molar-refractivity contribution is -0.136. The maximum atomic E-state index is 13.4. The molecule has 18 heavy (non-hydrogen) atoms. The maximum Gasteiger partial charge on any atom is 0.390 e. The molecule has 0 aliphatic heterocycles. The normalized spacial score (nSPS) is 12.3. The van der Waals surface area contributed by atoms with Gasteiger partial charge in [-0.15, -0.1) is 0 Å². The van der Waals surface area contributed by atoms with Gasteiger partial charge in [-0.2, -0.15) is 13.2 Å². The predicted octanol–water partition coefficient (Wildman–Crippen LogP) is 3.31. The maximum absolute atomic E-state index is 13.4. The average Bonchev–Trinajstić information content (AvgIpc) is 2.51. The monoisotopic (exact) mass is 373 g/mol. The Bertz CT molecular complexity index is 591. The minimum atomic E-state index is -4.29. The zero-order valence-electron chi connectivity index (χ0n) is 8.93. The van der Waals surface area contributed by atoms with E-state index < -0.39 is 18.4 Å². The Kier molecular flexibility index (Phi) is 3.39. The third kappa shape index (κ3) is 2.68. The lowest BCUT2D eigenvalue weighted by Crippen LogP contribution is -2.13. The van der Waals surface area contributed by atoms with Crippen molar-refractivity contribution in [1.29, 1.82) is 0 Å². The molecule has 0 amide bonds. The van der Waals surface area contributed by atoms with Gasteiger partial charge in [-0.05, 0) is 28.7 Å². The third-order valence-corrected chi connectivity index (χ3v) is 3.27. The Hall–Kier alpha value is -1.06. The molecule has 0 fully saturated rings. The number of alkyl halides is 3. The molecule has 98 valence electrons. The number of nitrogen functional groups attached to an aromatic ring is 1. The third-order valence-electron chi connectivity index (χ3n) is 2.44. The van der Waals surface area contributed by atoms with E-state index >= 15 is 0 Å². The van der Waals surface area contributed by atoms with Gasteiger partial charge in [0.1, 0.15) is 5.82 Å². The van der Waals surface area contributed by atoms with Crippen LogP contribution in [0.15, 0.2) is 12.1 Å². The van der Waals surface area contributed by atoms with Crippen molar-refractivity contribution in [3.05, 3.63) is 21.5 Å². The molecule has 0 radical (unpaired) electrons. The Labute approximate surface area is 113 Å². The van der Waals surface area contributed by atoms with E-state index in [-0.39, 0.29) is 18.0 Å². The molecule has 0 aliphatic rings. The van der Waals surface area contributed by atoms with Gasteiger partial charge in [0.15, 0.2) is 0 Å². The summed E-state index contributed by atoms with van der Waals surface area (Å²) in [5, 5.41) is 0. The summed E-state index contributed by atoms with van der Waals surface area (Å²) >= 11 is 1.78. The van der Waals surface area contributed by atoms with Crippen molar-refractivity contribution in [2.24, 2.45) is 0 Å². The first-order valence-electron chi connectivity index (χ1n) is 4.95. The summed E-state index contributed by atoms with van der Waals surface area (Å²) in [5.41, 5.74) is 6.20. The second-order valence-electron chi connectivity index (χ2n) is 3.74. The van der Waals surface area contributed by atoms with E-state index in [0.29, 0.717) is 9.09 Å². The van der Waals surface area contributed by atoms with Gasteiger partial charge in [0, 0.05) is 12.6 Å². The van der Waals surface area contributed by atoms with Crippen LogP contribution in [0.4, 0.5) is 23.5 Å². The molecule has 0 saturated heterocycles. The molecule has 8 heteroatoms. The SMILES string of the molecule is Nc1nc2cc(I)c(F)cc2n1CCC(F)(F)F. The fourth-order valence-electron chi connectivity index (χ4n) is 1.61. The number of aromatic nitrogens is 2. The van der Waals surface area contributed by atoms with Crippen LogP contribution in [-0.4, -0.2) is 15.7 Å². The van der Waals surface area contributed by atoms with Gasteiger partial charge in [0.25, 0.3) is 0 Å². The number of hydrogen-bond donors (Lipinski definition) is 1. The first-order valence-corrected chi connectivity index (χ1v) is 6.03. The summed E-state index contributed by atoms with van der Waals surface area (Å²) in [4.78, 5) is 3.92. The van der Waals surface area contributed by atoms with Crippen LogP contribution in [-0.2, 0) is 6.54 Å². The summed E-state index contributed by atoms with van der Waals surface area (Å²) in [6.07, 6.45) is -5.32. The number of aryl methyl sites for hydroxylation is 1. The number of nitrogens with two attached hydrogens (primary N) is 1. The quantitative estimate of drug-likeness (QED) is 0.649. The molecule has 0 saturated carbocycles. The van der Waals surface area contributed by atoms with Crippen molar-refractivity contribution in [1.82, 2.24) is 9.55 Å². The number of rotatable bonds is 2. The van der Waals surface area contributed by atoms with Crippen molar-refractivity contribution in [3.8, 4) is 0 Å². The van der Waals surface area contributed by atoms with Gasteiger partial charge in [-0.25, -0.2) is 9.37 Å². The molecule has 0 bridgehead atoms. The molecule has 2 rings (SSSR count). The van der Waals surface area contributed by atoms with Gasteiger partial charge >= 0.3 is 6.18 Å². The lowest BCUT2D eigenvalue weighted by Gasteiger charge is -2.09. The largest absolute Gasteiger partial charge is 0.390 e. The van der Waals surface area contributed by atoms with Gasteiger partial charge in [-0.1, -0.05) is 0 Å². The molecule has 0 spiro atoms. The Morgan fingerprint density at radius 2 is 2.00 bits per heavy atom. The number of benzene rings is 1. The molecule has 0 unspecified atom stereocenters. The number of hydrogen-bond acceptors (Lipinski definition) is 2. The number of nitrogens with zero attached hydrogens (tertiary/aromatic N) is 2. The van der Waals surface area contributed by atoms with Crippen LogP contribution in [0.5, 0.6) is 0 Å². The number of imidazole rings is 1. The van der Waals surface area contributed by atoms with Crippen molar-refractivity contribution in [3.63, 3.8) is 0 Å². The molecule has 1 aromatic heterocycles. The van der Waals surface area contributed by atoms with E-state index in [2.05, 4.69) is 4.98 Å². The zero-order valence-corrected chi connectivity index (χ0v) is 11.1. The highest BCUT2D eigenvalue weighted by Gasteiger charge is 2.27. The molecule has 2 N–H and O–H groups in total. The highest BCUT2D eigenvalue weighted by Crippen LogP contribution is 2.26. The van der Waals surface area contributed by atoms with Gasteiger partial charge in [-0.3, -0.25) is 0 Å². The van der Waals surface area contributed by atoms with E-state index in [4.69, 9.17) is 5.73 Å². The second kappa shape index (κ2) is 4.56. The summed E-state index contributed by atoms with van der Waals surface area (Å²) in [6.45, 7) is -0.369. The molecule has 2 aromatic rings. The zero-order chi connectivity index (χ0) is 13.5. The Morgan fingerprint density at radius 3 is 2.61 bits per heavy atom. The number of anilines is 1. The van der Waals surface area contributed by atoms with Crippen LogP contribution >= 0.6 is 22.6 Å². The fraction of sp³-hybridized carbons (Fsp3) is 0.300. The highest BCUT2D eigenvalue weighted by molar-refractivity contribution is 14.1. The molecule has 1 heterocycles. The summed E-state index contributed by atoms with van der Waals surface area (Å²) in [5.74, 6) is -0.549. The summed E-state index contributed by atoms with van der Waals surface area (Å²) < 4.78 is 51.4. The molecule has 0 atom stereocenters. The predicted molar refractivity (Wildman–Crippen MR) is 67.5 cm³/mol. The topological polar surface area (TPSA) is 43.8 Å². The highest BCUT2D eigenvalue weighted by atomic mass is 127. The van der Waals surface area contributed by atoms with E-state index in [1.807, 2.05) is 0 Å². The Balaban J connectivity index is 2.44. The standard InChI is InChI=1S/C10H8F4IN3/c11-5-3-8-7(4-6(5)15)17-9(16)18(8)2-1-10(12,13)14/h3-4H,1-2H2,(H2,16,17). The molecule has 1 aromatic carbocycles. The van der Waals surface area contributed by atoms with Crippen molar-refractivity contribution in [2.45, 2.75) is 19.1 Å². The molecule has 3 nitrogen and oxygen atoms in total. The van der Waals surface area contributed by atoms with Crippen LogP contribution < -0.4 is 5.73 Å². The first-order chi connectivity index (χ1) is 8.28. The minimum Gasteiger partial charge on any atom is -0.369 e. The van der Waals surface area contributed by atoms with Gasteiger partial charge in [0.05, 0.1) is 21.0 Å². The van der Waals surface area contributed by atoms with Crippen LogP contribution in [0, 0.1) is 9.39 Å². The summed E-state index contributed by atoms with van der Waals surface area (Å²) in [7, 11) is 0. The second-order valence-corrected chi connectivity index (χ2v) is 4.90. The van der Waals surface area contributed by atoms with E-state index in [0.717, 1.165) is 6.07 Å². The first kappa shape index (κ1) is 13.4. The smallest absolute Gasteiger partial charge is 0.369 e. The molecule has 0 aliphatic carbocycles. The number of fused-ring (bicyclic) bond motifs is 1. The van der Waals surface area contributed by atoms with Gasteiger partial charge < -0.3 is 10.3 Å². The van der Waals surface area contributed by atoms with Crippen LogP contribution in [0.1, 0.15) is 6.42 Å². The number of halogens is 5. The fourth-order valence-corrected chi connectivity index (χ4v) is 2.06.